The molecular formula is C23H22N2O2. The van der Waals surface area contributed by atoms with Gasteiger partial charge in [-0.25, -0.2) is 4.79 Å². The molecule has 0 N–H and O–H groups in total. The minimum Gasteiger partial charge on any atom is -0.314 e. The number of amides is 2. The van der Waals surface area contributed by atoms with Crippen molar-refractivity contribution < 1.29 is 9.59 Å². The standard InChI is InChI=1S/C23H22N2O2/c26-21-18-11-6-10-17(18)20-23(21)13-16-9-4-5-12-19(16)25(23)22(27)24(20)14-15-7-2-1-3-8-15/h1-5,7-9,12,17-18,20H,6,10-11,13-14H2/t17-,18+,20+,23+/m1/s1. The van der Waals surface area contributed by atoms with Crippen molar-refractivity contribution in [1.29, 1.82) is 0 Å². The molecule has 27 heavy (non-hydrogen) atoms. The SMILES string of the molecule is O=C1N(Cc2ccccc2)[C@H]2[C@@H]3CCC[C@@H]3C(=O)[C@]23Cc2ccccc2N13. The van der Waals surface area contributed by atoms with Gasteiger partial charge in [0.05, 0.1) is 6.04 Å². The lowest BCUT2D eigenvalue weighted by molar-refractivity contribution is -0.124. The maximum atomic E-state index is 13.7. The lowest BCUT2D eigenvalue weighted by Gasteiger charge is -2.32. The molecule has 1 spiro atoms. The number of Topliss-reactive ketones (excluding diaryl/α,β-unsaturated/α-hetero) is 1. The van der Waals surface area contributed by atoms with Crippen LogP contribution in [-0.2, 0) is 17.8 Å². The molecule has 2 saturated carbocycles. The van der Waals surface area contributed by atoms with Crippen molar-refractivity contribution in [2.45, 2.75) is 43.8 Å². The Bertz CT molecular complexity index is 956. The molecule has 4 nitrogen and oxygen atoms in total. The van der Waals surface area contributed by atoms with E-state index in [0.717, 1.165) is 36.1 Å². The number of fused-ring (bicyclic) bond motifs is 4. The van der Waals surface area contributed by atoms with Gasteiger partial charge in [-0.05, 0) is 36.0 Å². The van der Waals surface area contributed by atoms with Gasteiger partial charge in [-0.15, -0.1) is 0 Å². The fourth-order valence-electron chi connectivity index (χ4n) is 6.37. The molecule has 4 atom stereocenters. The average molecular weight is 358 g/mol. The molecule has 2 aromatic carbocycles. The van der Waals surface area contributed by atoms with Gasteiger partial charge in [-0.3, -0.25) is 9.69 Å². The first-order valence-corrected chi connectivity index (χ1v) is 9.99. The lowest BCUT2D eigenvalue weighted by atomic mass is 9.85. The predicted molar refractivity (Wildman–Crippen MR) is 102 cm³/mol. The van der Waals surface area contributed by atoms with Crippen molar-refractivity contribution >= 4 is 17.5 Å². The summed E-state index contributed by atoms with van der Waals surface area (Å²) in [6, 6.07) is 18.2. The van der Waals surface area contributed by atoms with Crippen LogP contribution < -0.4 is 4.90 Å². The first kappa shape index (κ1) is 15.4. The first-order valence-electron chi connectivity index (χ1n) is 9.99. The number of hydrogen-bond donors (Lipinski definition) is 0. The summed E-state index contributed by atoms with van der Waals surface area (Å²) < 4.78 is 0. The van der Waals surface area contributed by atoms with Gasteiger partial charge in [0.25, 0.3) is 0 Å². The molecule has 4 heteroatoms. The van der Waals surface area contributed by atoms with Gasteiger partial charge in [-0.1, -0.05) is 55.0 Å². The molecule has 2 heterocycles. The summed E-state index contributed by atoms with van der Waals surface area (Å²) in [6.45, 7) is 0.585. The van der Waals surface area contributed by atoms with E-state index >= 15 is 0 Å². The van der Waals surface area contributed by atoms with Crippen LogP contribution in [0.5, 0.6) is 0 Å². The number of rotatable bonds is 2. The van der Waals surface area contributed by atoms with Gasteiger partial charge in [0.15, 0.2) is 5.78 Å². The monoisotopic (exact) mass is 358 g/mol. The number of para-hydroxylation sites is 1. The number of ketones is 1. The van der Waals surface area contributed by atoms with Crippen molar-refractivity contribution in [3.05, 3.63) is 65.7 Å². The summed E-state index contributed by atoms with van der Waals surface area (Å²) in [7, 11) is 0. The second kappa shape index (κ2) is 5.22. The van der Waals surface area contributed by atoms with E-state index < -0.39 is 5.54 Å². The smallest absolute Gasteiger partial charge is 0.314 e. The van der Waals surface area contributed by atoms with Crippen molar-refractivity contribution in [2.75, 3.05) is 4.90 Å². The number of anilines is 1. The van der Waals surface area contributed by atoms with Gasteiger partial charge in [0.2, 0.25) is 0 Å². The van der Waals surface area contributed by atoms with Gasteiger partial charge in [-0.2, -0.15) is 0 Å². The summed E-state index contributed by atoms with van der Waals surface area (Å²) in [5, 5.41) is 0. The largest absolute Gasteiger partial charge is 0.326 e. The van der Waals surface area contributed by atoms with Crippen LogP contribution in [0.1, 0.15) is 30.4 Å². The molecule has 2 aromatic rings. The number of nitrogens with zero attached hydrogens (tertiary/aromatic N) is 2. The Hall–Kier alpha value is -2.62. The van der Waals surface area contributed by atoms with Crippen LogP contribution in [0, 0.1) is 11.8 Å². The topological polar surface area (TPSA) is 40.6 Å². The molecule has 3 fully saturated rings. The number of hydrogen-bond acceptors (Lipinski definition) is 2. The van der Waals surface area contributed by atoms with E-state index in [1.165, 1.54) is 0 Å². The minimum absolute atomic E-state index is 0.00222. The van der Waals surface area contributed by atoms with Crippen LogP contribution in [0.4, 0.5) is 10.5 Å². The van der Waals surface area contributed by atoms with E-state index in [2.05, 4.69) is 18.2 Å². The van der Waals surface area contributed by atoms with Gasteiger partial charge in [0, 0.05) is 24.6 Å². The Morgan fingerprint density at radius 1 is 0.963 bits per heavy atom. The maximum Gasteiger partial charge on any atom is 0.326 e. The zero-order valence-electron chi connectivity index (χ0n) is 15.2. The van der Waals surface area contributed by atoms with E-state index in [4.69, 9.17) is 0 Å². The lowest BCUT2D eigenvalue weighted by Crippen LogP contribution is -2.54. The van der Waals surface area contributed by atoms with Crippen LogP contribution in [0.25, 0.3) is 0 Å². The Morgan fingerprint density at radius 3 is 2.59 bits per heavy atom. The third-order valence-electron chi connectivity index (χ3n) is 7.29. The molecule has 0 aromatic heterocycles. The average Bonchev–Trinajstić information content (AvgIpc) is 3.39. The summed E-state index contributed by atoms with van der Waals surface area (Å²) in [5.41, 5.74) is 2.54. The van der Waals surface area contributed by atoms with Crippen molar-refractivity contribution in [2.24, 2.45) is 11.8 Å². The number of carbonyl (C=O) groups is 2. The van der Waals surface area contributed by atoms with Gasteiger partial charge >= 0.3 is 6.03 Å². The Morgan fingerprint density at radius 2 is 1.74 bits per heavy atom. The number of urea groups is 1. The van der Waals surface area contributed by atoms with E-state index in [1.54, 1.807) is 0 Å². The fraction of sp³-hybridized carbons (Fsp3) is 0.391. The van der Waals surface area contributed by atoms with Crippen LogP contribution in [0.2, 0.25) is 0 Å². The van der Waals surface area contributed by atoms with Crippen LogP contribution in [0.3, 0.4) is 0 Å². The second-order valence-electron chi connectivity index (χ2n) is 8.47. The highest BCUT2D eigenvalue weighted by Crippen LogP contribution is 2.59. The maximum absolute atomic E-state index is 13.7. The molecule has 4 aliphatic rings. The molecule has 0 radical (unpaired) electrons. The van der Waals surface area contributed by atoms with Gasteiger partial charge in [0.1, 0.15) is 5.54 Å². The molecule has 6 rings (SSSR count). The Labute approximate surface area is 158 Å². The zero-order valence-corrected chi connectivity index (χ0v) is 15.2. The second-order valence-corrected chi connectivity index (χ2v) is 8.47. The zero-order chi connectivity index (χ0) is 18.2. The van der Waals surface area contributed by atoms with Gasteiger partial charge < -0.3 is 4.90 Å². The highest BCUT2D eigenvalue weighted by molar-refractivity contribution is 6.13. The van der Waals surface area contributed by atoms with Crippen molar-refractivity contribution in [1.82, 2.24) is 4.90 Å². The molecule has 2 aliphatic carbocycles. The van der Waals surface area contributed by atoms with E-state index in [1.807, 2.05) is 46.2 Å². The van der Waals surface area contributed by atoms with Crippen LogP contribution in [0.15, 0.2) is 54.6 Å². The predicted octanol–water partition coefficient (Wildman–Crippen LogP) is 3.79. The van der Waals surface area contributed by atoms with E-state index in [0.29, 0.717) is 24.7 Å². The molecule has 136 valence electrons. The highest BCUT2D eigenvalue weighted by Gasteiger charge is 2.73. The Kier molecular flexibility index (Phi) is 2.98. The first-order chi connectivity index (χ1) is 13.2. The van der Waals surface area contributed by atoms with E-state index in [9.17, 15) is 9.59 Å². The van der Waals surface area contributed by atoms with Crippen LogP contribution >= 0.6 is 0 Å². The van der Waals surface area contributed by atoms with Crippen LogP contribution in [-0.4, -0.2) is 28.3 Å². The third-order valence-corrected chi connectivity index (χ3v) is 7.29. The molecule has 0 unspecified atom stereocenters. The summed E-state index contributed by atoms with van der Waals surface area (Å²) >= 11 is 0. The fourth-order valence-corrected chi connectivity index (χ4v) is 6.37. The molecule has 1 saturated heterocycles. The minimum atomic E-state index is -0.675. The molecule has 0 bridgehead atoms. The van der Waals surface area contributed by atoms with Crippen molar-refractivity contribution in [3.8, 4) is 0 Å². The summed E-state index contributed by atoms with van der Waals surface area (Å²) in [6.07, 6.45) is 3.83. The Balaban J connectivity index is 1.51. The third kappa shape index (κ3) is 1.78. The quantitative estimate of drug-likeness (QED) is 0.819. The van der Waals surface area contributed by atoms with Crippen molar-refractivity contribution in [3.63, 3.8) is 0 Å². The number of carbonyl (C=O) groups excluding carboxylic acids is 2. The highest BCUT2D eigenvalue weighted by atomic mass is 16.2. The summed E-state index contributed by atoms with van der Waals surface area (Å²) in [5.74, 6) is 0.748. The molecule has 2 amide bonds. The number of benzene rings is 2. The summed E-state index contributed by atoms with van der Waals surface area (Å²) in [4.78, 5) is 31.1. The molecule has 2 aliphatic heterocycles. The molecular weight excluding hydrogens is 336 g/mol. The van der Waals surface area contributed by atoms with E-state index in [-0.39, 0.29) is 18.0 Å². The normalized spacial score (nSPS) is 33.3.